The number of hydrogen-bond acceptors (Lipinski definition) is 6. The van der Waals surface area contributed by atoms with Crippen LogP contribution in [-0.2, 0) is 14.3 Å². The van der Waals surface area contributed by atoms with E-state index in [1.807, 2.05) is 0 Å². The molecule has 0 aliphatic carbocycles. The second-order valence-electron chi connectivity index (χ2n) is 4.75. The lowest BCUT2D eigenvalue weighted by atomic mass is 10.0. The van der Waals surface area contributed by atoms with Gasteiger partial charge in [-0.05, 0) is 20.3 Å². The number of esters is 1. The van der Waals surface area contributed by atoms with E-state index >= 15 is 0 Å². The van der Waals surface area contributed by atoms with Crippen molar-refractivity contribution >= 4 is 37.2 Å². The summed E-state index contributed by atoms with van der Waals surface area (Å²) in [5.74, 6) is -1.56. The Balaban J connectivity index is 4.88. The van der Waals surface area contributed by atoms with Gasteiger partial charge in [0, 0.05) is 0 Å². The minimum atomic E-state index is -1.04. The molecule has 0 saturated heterocycles. The lowest BCUT2D eigenvalue weighted by Crippen LogP contribution is -2.55. The minimum Gasteiger partial charge on any atom is -0.480 e. The van der Waals surface area contributed by atoms with Crippen molar-refractivity contribution in [2.24, 2.45) is 0 Å². The van der Waals surface area contributed by atoms with Crippen LogP contribution >= 0.6 is 25.3 Å². The van der Waals surface area contributed by atoms with Gasteiger partial charge in [0.1, 0.15) is 12.1 Å². The van der Waals surface area contributed by atoms with Gasteiger partial charge in [-0.2, -0.15) is 25.3 Å². The van der Waals surface area contributed by atoms with Gasteiger partial charge in [-0.25, -0.2) is 0 Å². The van der Waals surface area contributed by atoms with Gasteiger partial charge in [-0.15, -0.1) is 0 Å². The summed E-state index contributed by atoms with van der Waals surface area (Å²) in [6.45, 7) is 5.47. The molecule has 7 heteroatoms. The molecule has 2 atom stereocenters. The van der Waals surface area contributed by atoms with E-state index in [4.69, 9.17) is 9.84 Å². The Hall–Kier alpha value is -0.400. The van der Waals surface area contributed by atoms with Gasteiger partial charge in [0.25, 0.3) is 0 Å². The number of aliphatic carboxylic acids is 1. The van der Waals surface area contributed by atoms with Gasteiger partial charge in [-0.3, -0.25) is 14.9 Å². The monoisotopic (exact) mass is 323 g/mol. The number of carbonyl (C=O) groups excluding carboxylic acids is 1. The molecule has 0 aliphatic heterocycles. The zero-order valence-corrected chi connectivity index (χ0v) is 14.0. The fourth-order valence-corrected chi connectivity index (χ4v) is 2.39. The van der Waals surface area contributed by atoms with Gasteiger partial charge < -0.3 is 9.84 Å². The van der Waals surface area contributed by atoms with E-state index in [2.05, 4.69) is 37.5 Å². The number of nitrogens with one attached hydrogen (secondary N) is 1. The van der Waals surface area contributed by atoms with Crippen molar-refractivity contribution in [3.05, 3.63) is 0 Å². The average Bonchev–Trinajstić information content (AvgIpc) is 2.35. The van der Waals surface area contributed by atoms with Crippen LogP contribution in [0.5, 0.6) is 0 Å². The Kier molecular flexibility index (Phi) is 9.33. The van der Waals surface area contributed by atoms with Gasteiger partial charge in [0.15, 0.2) is 0 Å². The topological polar surface area (TPSA) is 75.6 Å². The number of carbonyl (C=O) groups is 2. The molecule has 0 amide bonds. The summed E-state index contributed by atoms with van der Waals surface area (Å²) in [6, 6.07) is -1.76. The maximum atomic E-state index is 12.0. The van der Waals surface area contributed by atoms with Crippen LogP contribution in [0, 0.1) is 0 Å². The lowest BCUT2D eigenvalue weighted by molar-refractivity contribution is -0.147. The minimum absolute atomic E-state index is 0.227. The fraction of sp³-hybridized carbons (Fsp3) is 0.846. The zero-order valence-electron chi connectivity index (χ0n) is 12.3. The van der Waals surface area contributed by atoms with E-state index in [1.165, 1.54) is 6.92 Å². The number of unbranched alkanes of at least 4 members (excludes halogenated alkanes) is 2. The molecule has 2 N–H and O–H groups in total. The highest BCUT2D eigenvalue weighted by Gasteiger charge is 2.39. The summed E-state index contributed by atoms with van der Waals surface area (Å²) in [5.41, 5.74) is 0. The summed E-state index contributed by atoms with van der Waals surface area (Å²) in [6.07, 6.45) is 3.49. The molecule has 0 fully saturated rings. The van der Waals surface area contributed by atoms with Crippen LogP contribution in [0.1, 0.15) is 46.5 Å². The standard InChI is InChI=1S/C13H25NO4S2/c1-4-6-7-8-13(19,20)10(12(17)18-5-2)14-9(3)11(15)16/h9-10,14,19-20H,4-8H2,1-3H3,(H,15,16)/t9-,10?/m0/s1. The molecule has 1 unspecified atom stereocenters. The van der Waals surface area contributed by atoms with Crippen LogP contribution in [0.3, 0.4) is 0 Å². The van der Waals surface area contributed by atoms with Crippen LogP contribution in [0.4, 0.5) is 0 Å². The van der Waals surface area contributed by atoms with Gasteiger partial charge in [-0.1, -0.05) is 26.2 Å². The number of ether oxygens (including phenoxy) is 1. The first-order valence-corrected chi connectivity index (χ1v) is 7.75. The predicted octanol–water partition coefficient (Wildman–Crippen LogP) is 2.12. The van der Waals surface area contributed by atoms with Crippen molar-refractivity contribution in [2.45, 2.75) is 62.6 Å². The van der Waals surface area contributed by atoms with Crippen molar-refractivity contribution in [1.29, 1.82) is 0 Å². The quantitative estimate of drug-likeness (QED) is 0.214. The van der Waals surface area contributed by atoms with Crippen LogP contribution in [-0.4, -0.2) is 39.8 Å². The largest absolute Gasteiger partial charge is 0.480 e. The average molecular weight is 323 g/mol. The van der Waals surface area contributed by atoms with E-state index in [1.54, 1.807) is 6.92 Å². The van der Waals surface area contributed by atoms with Crippen LogP contribution in [0.15, 0.2) is 0 Å². The second-order valence-corrected chi connectivity index (χ2v) is 6.70. The molecule has 0 radical (unpaired) electrons. The third-order valence-electron chi connectivity index (χ3n) is 2.92. The van der Waals surface area contributed by atoms with Crippen LogP contribution < -0.4 is 5.32 Å². The number of rotatable bonds is 10. The third kappa shape index (κ3) is 6.85. The second kappa shape index (κ2) is 9.52. The summed E-state index contributed by atoms with van der Waals surface area (Å²) < 4.78 is 4.03. The summed E-state index contributed by atoms with van der Waals surface area (Å²) in [4.78, 5) is 22.9. The first-order valence-electron chi connectivity index (χ1n) is 6.86. The van der Waals surface area contributed by atoms with Crippen molar-refractivity contribution < 1.29 is 19.4 Å². The molecule has 20 heavy (non-hydrogen) atoms. The normalized spacial score (nSPS) is 14.7. The molecule has 5 nitrogen and oxygen atoms in total. The molecule has 0 spiro atoms. The van der Waals surface area contributed by atoms with Crippen molar-refractivity contribution in [2.75, 3.05) is 6.61 Å². The van der Waals surface area contributed by atoms with Crippen LogP contribution in [0.2, 0.25) is 0 Å². The molecule has 0 aromatic carbocycles. The van der Waals surface area contributed by atoms with Crippen molar-refractivity contribution in [3.8, 4) is 0 Å². The number of thiol groups is 2. The van der Waals surface area contributed by atoms with E-state index in [0.29, 0.717) is 6.42 Å². The Morgan fingerprint density at radius 3 is 2.35 bits per heavy atom. The van der Waals surface area contributed by atoms with Crippen molar-refractivity contribution in [3.63, 3.8) is 0 Å². The van der Waals surface area contributed by atoms with E-state index in [9.17, 15) is 9.59 Å². The smallest absolute Gasteiger partial charge is 0.325 e. The van der Waals surface area contributed by atoms with Crippen molar-refractivity contribution in [1.82, 2.24) is 5.32 Å². The Bertz CT molecular complexity index is 323. The molecule has 118 valence electrons. The summed E-state index contributed by atoms with van der Waals surface area (Å²) >= 11 is 8.88. The Morgan fingerprint density at radius 2 is 1.90 bits per heavy atom. The van der Waals surface area contributed by atoms with E-state index < -0.39 is 28.1 Å². The van der Waals surface area contributed by atoms with E-state index in [-0.39, 0.29) is 6.61 Å². The molecular weight excluding hydrogens is 298 g/mol. The number of hydrogen-bond donors (Lipinski definition) is 4. The predicted molar refractivity (Wildman–Crippen MR) is 85.5 cm³/mol. The van der Waals surface area contributed by atoms with Gasteiger partial charge in [0.05, 0.1) is 10.7 Å². The SMILES string of the molecule is CCCCCC(S)(S)C(N[C@@H](C)C(=O)O)C(=O)OCC. The number of carboxylic acids is 1. The highest BCUT2D eigenvalue weighted by Crippen LogP contribution is 2.32. The summed E-state index contributed by atoms with van der Waals surface area (Å²) in [5, 5.41) is 11.7. The molecule has 0 heterocycles. The lowest BCUT2D eigenvalue weighted by Gasteiger charge is -2.32. The maximum Gasteiger partial charge on any atom is 0.325 e. The Labute approximate surface area is 131 Å². The molecule has 0 aromatic rings. The fourth-order valence-electron chi connectivity index (χ4n) is 1.72. The third-order valence-corrected chi connectivity index (χ3v) is 3.88. The van der Waals surface area contributed by atoms with Gasteiger partial charge >= 0.3 is 11.9 Å². The Morgan fingerprint density at radius 1 is 1.30 bits per heavy atom. The zero-order chi connectivity index (χ0) is 15.8. The molecule has 0 aromatic heterocycles. The first-order chi connectivity index (χ1) is 9.26. The maximum absolute atomic E-state index is 12.0. The first kappa shape index (κ1) is 19.6. The van der Waals surface area contributed by atoms with Crippen LogP contribution in [0.25, 0.3) is 0 Å². The molecular formula is C13H25NO4S2. The summed E-state index contributed by atoms with van der Waals surface area (Å²) in [7, 11) is 0. The molecule has 0 saturated carbocycles. The number of carboxylic acid groups (broad SMARTS) is 1. The highest BCUT2D eigenvalue weighted by atomic mass is 32.2. The highest BCUT2D eigenvalue weighted by molar-refractivity contribution is 8.00. The molecule has 0 rings (SSSR count). The molecule has 0 aliphatic rings. The molecule has 0 bridgehead atoms. The van der Waals surface area contributed by atoms with E-state index in [0.717, 1.165) is 19.3 Å². The van der Waals surface area contributed by atoms with Gasteiger partial charge in [0.2, 0.25) is 0 Å².